The van der Waals surface area contributed by atoms with Gasteiger partial charge in [0.25, 0.3) is 0 Å². The minimum absolute atomic E-state index is 0.223. The maximum Gasteiger partial charge on any atom is 0.424 e. The lowest BCUT2D eigenvalue weighted by molar-refractivity contribution is 0.0731. The Kier molecular flexibility index (Phi) is 9.05. The highest BCUT2D eigenvalue weighted by atomic mass is 16.6. The Morgan fingerprint density at radius 2 is 1.30 bits per heavy atom. The number of carbonyl (C=O) groups excluding carboxylic acids is 2. The predicted molar refractivity (Wildman–Crippen MR) is 161 cm³/mol. The molecule has 1 amide bonds. The molecule has 0 saturated carbocycles. The van der Waals surface area contributed by atoms with Crippen molar-refractivity contribution in [3.05, 3.63) is 119 Å². The molecular weight excluding hydrogens is 498 g/mol. The number of hydrogen-bond acceptors (Lipinski definition) is 4. The standard InChI is InChI=1S/C35H37NO4/c1-6-7-23-29-25(2)32(30(24-31(29)35(3,4)5)33(37)39-28-21-15-10-16-22-28)40-34(38)36(26-17-11-8-12-18-26)27-19-13-9-14-20-27/h8-22,24H,6-7,23H2,1-5H3. The molecule has 4 rings (SSSR count). The van der Waals surface area contributed by atoms with E-state index in [1.165, 1.54) is 4.90 Å². The molecular formula is C35H37NO4. The van der Waals surface area contributed by atoms with Gasteiger partial charge in [0, 0.05) is 0 Å². The van der Waals surface area contributed by atoms with Crippen LogP contribution >= 0.6 is 0 Å². The third kappa shape index (κ3) is 6.60. The Balaban J connectivity index is 1.85. The summed E-state index contributed by atoms with van der Waals surface area (Å²) in [6.07, 6.45) is 2.20. The van der Waals surface area contributed by atoms with Gasteiger partial charge in [-0.1, -0.05) is 88.7 Å². The van der Waals surface area contributed by atoms with E-state index in [4.69, 9.17) is 9.47 Å². The van der Waals surface area contributed by atoms with Crippen molar-refractivity contribution in [1.82, 2.24) is 0 Å². The van der Waals surface area contributed by atoms with E-state index in [-0.39, 0.29) is 16.7 Å². The lowest BCUT2D eigenvalue weighted by Gasteiger charge is -2.28. The first-order valence-corrected chi connectivity index (χ1v) is 13.8. The van der Waals surface area contributed by atoms with Gasteiger partial charge < -0.3 is 9.47 Å². The largest absolute Gasteiger partial charge is 0.424 e. The minimum atomic E-state index is -0.612. The van der Waals surface area contributed by atoms with E-state index in [9.17, 15) is 9.59 Å². The van der Waals surface area contributed by atoms with Gasteiger partial charge >= 0.3 is 12.1 Å². The molecule has 4 aromatic rings. The topological polar surface area (TPSA) is 55.8 Å². The highest BCUT2D eigenvalue weighted by Crippen LogP contribution is 2.38. The number of para-hydroxylation sites is 3. The fourth-order valence-electron chi connectivity index (χ4n) is 4.76. The van der Waals surface area contributed by atoms with E-state index in [2.05, 4.69) is 27.7 Å². The van der Waals surface area contributed by atoms with Crippen molar-refractivity contribution in [3.8, 4) is 11.5 Å². The zero-order valence-electron chi connectivity index (χ0n) is 23.9. The van der Waals surface area contributed by atoms with E-state index < -0.39 is 12.1 Å². The number of anilines is 2. The molecule has 0 aromatic heterocycles. The molecule has 0 radical (unpaired) electrons. The number of amides is 1. The average Bonchev–Trinajstić information content (AvgIpc) is 2.94. The molecule has 0 aliphatic heterocycles. The highest BCUT2D eigenvalue weighted by Gasteiger charge is 2.30. The van der Waals surface area contributed by atoms with Gasteiger partial charge in [0.05, 0.1) is 11.4 Å². The Hall–Kier alpha value is -4.38. The first-order valence-electron chi connectivity index (χ1n) is 13.8. The molecule has 0 heterocycles. The van der Waals surface area contributed by atoms with Crippen LogP contribution in [0.1, 0.15) is 67.6 Å². The van der Waals surface area contributed by atoms with E-state index in [0.717, 1.165) is 36.0 Å². The van der Waals surface area contributed by atoms with Gasteiger partial charge in [-0.3, -0.25) is 0 Å². The smallest absolute Gasteiger partial charge is 0.423 e. The van der Waals surface area contributed by atoms with Crippen molar-refractivity contribution in [2.75, 3.05) is 4.90 Å². The zero-order valence-corrected chi connectivity index (χ0v) is 23.9. The van der Waals surface area contributed by atoms with Crippen LogP contribution in [0.4, 0.5) is 16.2 Å². The summed E-state index contributed by atoms with van der Waals surface area (Å²) in [7, 11) is 0. The molecule has 5 nitrogen and oxygen atoms in total. The second-order valence-corrected chi connectivity index (χ2v) is 10.8. The first kappa shape index (κ1) is 28.6. The fraction of sp³-hybridized carbons (Fsp3) is 0.257. The Morgan fingerprint density at radius 1 is 0.775 bits per heavy atom. The lowest BCUT2D eigenvalue weighted by atomic mass is 9.79. The number of hydrogen-bond donors (Lipinski definition) is 0. The summed E-state index contributed by atoms with van der Waals surface area (Å²) >= 11 is 0. The van der Waals surface area contributed by atoms with Crippen molar-refractivity contribution in [2.24, 2.45) is 0 Å². The van der Waals surface area contributed by atoms with Crippen molar-refractivity contribution in [3.63, 3.8) is 0 Å². The number of benzene rings is 4. The SMILES string of the molecule is CCCCc1c(C(C)(C)C)cc(C(=O)Oc2ccccc2)c(OC(=O)N(c2ccccc2)c2ccccc2)c1C. The summed E-state index contributed by atoms with van der Waals surface area (Å²) < 4.78 is 11.9. The van der Waals surface area contributed by atoms with Gasteiger partial charge in [0.2, 0.25) is 0 Å². The molecule has 0 N–H and O–H groups in total. The molecule has 0 unspecified atom stereocenters. The van der Waals surface area contributed by atoms with Crippen LogP contribution < -0.4 is 14.4 Å². The van der Waals surface area contributed by atoms with Gasteiger partial charge in [-0.2, -0.15) is 0 Å². The molecule has 5 heteroatoms. The molecule has 4 aromatic carbocycles. The molecule has 0 saturated heterocycles. The van der Waals surface area contributed by atoms with Gasteiger partial charge in [0.15, 0.2) is 5.75 Å². The van der Waals surface area contributed by atoms with E-state index in [1.807, 2.05) is 79.7 Å². The number of carbonyl (C=O) groups is 2. The predicted octanol–water partition coefficient (Wildman–Crippen LogP) is 9.19. The molecule has 0 fully saturated rings. The van der Waals surface area contributed by atoms with Crippen LogP contribution in [0.2, 0.25) is 0 Å². The molecule has 0 spiro atoms. The molecule has 0 bridgehead atoms. The van der Waals surface area contributed by atoms with Crippen LogP contribution in [0.3, 0.4) is 0 Å². The summed E-state index contributed by atoms with van der Waals surface area (Å²) in [5, 5.41) is 0. The third-order valence-electron chi connectivity index (χ3n) is 6.81. The summed E-state index contributed by atoms with van der Waals surface area (Å²) in [6, 6.07) is 29.4. The number of ether oxygens (including phenoxy) is 2. The van der Waals surface area contributed by atoms with Gasteiger partial charge in [-0.05, 0) is 84.3 Å². The Morgan fingerprint density at radius 3 is 1.80 bits per heavy atom. The zero-order chi connectivity index (χ0) is 28.7. The van der Waals surface area contributed by atoms with Crippen LogP contribution in [-0.2, 0) is 11.8 Å². The second kappa shape index (κ2) is 12.6. The average molecular weight is 536 g/mol. The lowest BCUT2D eigenvalue weighted by Crippen LogP contribution is -2.30. The maximum atomic E-state index is 14.0. The molecule has 0 aliphatic carbocycles. The summed E-state index contributed by atoms with van der Waals surface area (Å²) in [5.41, 5.74) is 4.21. The highest BCUT2D eigenvalue weighted by molar-refractivity contribution is 6.00. The van der Waals surface area contributed by atoms with E-state index in [1.54, 1.807) is 24.3 Å². The summed E-state index contributed by atoms with van der Waals surface area (Å²) in [6.45, 7) is 10.5. The molecule has 0 atom stereocenters. The number of esters is 1. The monoisotopic (exact) mass is 535 g/mol. The normalized spacial score (nSPS) is 11.1. The van der Waals surface area contributed by atoms with Crippen LogP contribution in [0.5, 0.6) is 11.5 Å². The third-order valence-corrected chi connectivity index (χ3v) is 6.81. The summed E-state index contributed by atoms with van der Waals surface area (Å²) in [4.78, 5) is 29.1. The fourth-order valence-corrected chi connectivity index (χ4v) is 4.76. The summed E-state index contributed by atoms with van der Waals surface area (Å²) in [5.74, 6) is 0.0718. The quantitative estimate of drug-likeness (QED) is 0.167. The van der Waals surface area contributed by atoms with Crippen LogP contribution in [-0.4, -0.2) is 12.1 Å². The van der Waals surface area contributed by atoms with Crippen LogP contribution in [0.25, 0.3) is 0 Å². The number of unbranched alkanes of at least 4 members (excludes halogenated alkanes) is 1. The molecule has 206 valence electrons. The van der Waals surface area contributed by atoms with Gasteiger partial charge in [-0.15, -0.1) is 0 Å². The Labute approximate surface area is 237 Å². The molecule has 40 heavy (non-hydrogen) atoms. The Bertz CT molecular complexity index is 1400. The second-order valence-electron chi connectivity index (χ2n) is 10.8. The maximum absolute atomic E-state index is 14.0. The van der Waals surface area contributed by atoms with Crippen LogP contribution in [0, 0.1) is 6.92 Å². The van der Waals surface area contributed by atoms with Crippen molar-refractivity contribution in [2.45, 2.75) is 59.3 Å². The minimum Gasteiger partial charge on any atom is -0.423 e. The van der Waals surface area contributed by atoms with Gasteiger partial charge in [0.1, 0.15) is 11.3 Å². The van der Waals surface area contributed by atoms with Crippen molar-refractivity contribution < 1.29 is 19.1 Å². The van der Waals surface area contributed by atoms with E-state index >= 15 is 0 Å². The first-order chi connectivity index (χ1) is 19.2. The van der Waals surface area contributed by atoms with Gasteiger partial charge in [-0.25, -0.2) is 14.5 Å². The number of rotatable bonds is 8. The van der Waals surface area contributed by atoms with E-state index in [0.29, 0.717) is 17.1 Å². The number of nitrogens with zero attached hydrogens (tertiary/aromatic N) is 1. The molecule has 0 aliphatic rings. The van der Waals surface area contributed by atoms with Crippen molar-refractivity contribution >= 4 is 23.4 Å². The van der Waals surface area contributed by atoms with Crippen molar-refractivity contribution in [1.29, 1.82) is 0 Å². The van der Waals surface area contributed by atoms with Crippen LogP contribution in [0.15, 0.2) is 97.1 Å².